The summed E-state index contributed by atoms with van der Waals surface area (Å²) < 4.78 is 3.87. The molecule has 0 unspecified atom stereocenters. The Bertz CT molecular complexity index is 895. The first-order valence-corrected chi connectivity index (χ1v) is 10.6. The highest BCUT2D eigenvalue weighted by atomic mass is 16.3. The lowest BCUT2D eigenvalue weighted by atomic mass is 10.2. The summed E-state index contributed by atoms with van der Waals surface area (Å²) in [6.07, 6.45) is 5.44. The van der Waals surface area contributed by atoms with Gasteiger partial charge in [0.05, 0.1) is 11.4 Å². The lowest BCUT2D eigenvalue weighted by molar-refractivity contribution is 0.128. The maximum absolute atomic E-state index is 11.4. The van der Waals surface area contributed by atoms with E-state index < -0.39 is 0 Å². The van der Waals surface area contributed by atoms with E-state index in [9.17, 15) is 19.8 Å². The molecule has 8 nitrogen and oxygen atoms in total. The number of piperazine rings is 1. The van der Waals surface area contributed by atoms with Crippen molar-refractivity contribution in [1.29, 1.82) is 0 Å². The van der Waals surface area contributed by atoms with E-state index >= 15 is 0 Å². The zero-order valence-corrected chi connectivity index (χ0v) is 17.9. The molecule has 2 aromatic heterocycles. The zero-order valence-electron chi connectivity index (χ0n) is 17.9. The van der Waals surface area contributed by atoms with Gasteiger partial charge in [0.1, 0.15) is 0 Å². The molecule has 1 saturated heterocycles. The first-order chi connectivity index (χ1) is 14.4. The van der Waals surface area contributed by atoms with Crippen molar-refractivity contribution in [2.75, 3.05) is 39.3 Å². The summed E-state index contributed by atoms with van der Waals surface area (Å²) in [5, 5.41) is 19.5. The SMILES string of the molecule is Cc1c(O)c(=O)ccn1CCCN1CCN(CCCn2ccc(=O)c(O)c2C)CC1. The zero-order chi connectivity index (χ0) is 21.7. The smallest absolute Gasteiger partial charge is 0.223 e. The maximum Gasteiger partial charge on any atom is 0.223 e. The first kappa shape index (κ1) is 22.1. The van der Waals surface area contributed by atoms with Gasteiger partial charge >= 0.3 is 0 Å². The Morgan fingerprint density at radius 3 is 1.43 bits per heavy atom. The van der Waals surface area contributed by atoms with E-state index in [1.165, 1.54) is 12.1 Å². The highest BCUT2D eigenvalue weighted by Crippen LogP contribution is 2.12. The van der Waals surface area contributed by atoms with Gasteiger partial charge in [-0.25, -0.2) is 0 Å². The normalized spacial score (nSPS) is 15.5. The van der Waals surface area contributed by atoms with Gasteiger partial charge in [0.25, 0.3) is 0 Å². The van der Waals surface area contributed by atoms with Crippen molar-refractivity contribution in [3.8, 4) is 11.5 Å². The molecule has 2 N–H and O–H groups in total. The quantitative estimate of drug-likeness (QED) is 0.671. The van der Waals surface area contributed by atoms with E-state index in [1.807, 2.05) is 9.13 Å². The van der Waals surface area contributed by atoms with Crippen molar-refractivity contribution in [2.24, 2.45) is 0 Å². The minimum absolute atomic E-state index is 0.154. The summed E-state index contributed by atoms with van der Waals surface area (Å²) in [4.78, 5) is 27.8. The number of pyridine rings is 2. The molecule has 0 amide bonds. The molecule has 0 bridgehead atoms. The number of hydrogen-bond acceptors (Lipinski definition) is 6. The van der Waals surface area contributed by atoms with Gasteiger partial charge in [-0.3, -0.25) is 9.59 Å². The predicted molar refractivity (Wildman–Crippen MR) is 116 cm³/mol. The molecule has 0 aliphatic carbocycles. The molecule has 1 aliphatic heterocycles. The third kappa shape index (κ3) is 5.31. The van der Waals surface area contributed by atoms with Crippen LogP contribution in [0.2, 0.25) is 0 Å². The Morgan fingerprint density at radius 1 is 0.700 bits per heavy atom. The summed E-state index contributed by atoms with van der Waals surface area (Å²) in [5.41, 5.74) is 0.595. The van der Waals surface area contributed by atoms with Gasteiger partial charge in [0, 0.05) is 63.8 Å². The molecule has 0 aromatic carbocycles. The summed E-state index contributed by atoms with van der Waals surface area (Å²) in [6.45, 7) is 11.2. The number of aryl methyl sites for hydroxylation is 2. The fraction of sp³-hybridized carbons (Fsp3) is 0.545. The van der Waals surface area contributed by atoms with E-state index in [-0.39, 0.29) is 22.4 Å². The van der Waals surface area contributed by atoms with Crippen LogP contribution in [-0.2, 0) is 13.1 Å². The molecule has 0 saturated carbocycles. The number of aromatic nitrogens is 2. The van der Waals surface area contributed by atoms with E-state index in [2.05, 4.69) is 9.80 Å². The highest BCUT2D eigenvalue weighted by molar-refractivity contribution is 5.25. The fourth-order valence-corrected chi connectivity index (χ4v) is 3.98. The van der Waals surface area contributed by atoms with E-state index in [0.29, 0.717) is 11.4 Å². The molecular formula is C22H32N4O4. The first-order valence-electron chi connectivity index (χ1n) is 10.6. The molecule has 30 heavy (non-hydrogen) atoms. The second-order valence-corrected chi connectivity index (χ2v) is 8.01. The molecule has 2 aromatic rings. The summed E-state index contributed by atoms with van der Waals surface area (Å²) in [6, 6.07) is 2.83. The maximum atomic E-state index is 11.4. The minimum atomic E-state index is -0.326. The Kier molecular flexibility index (Phi) is 7.33. The van der Waals surface area contributed by atoms with Crippen LogP contribution in [-0.4, -0.2) is 68.4 Å². The van der Waals surface area contributed by atoms with Crippen LogP contribution in [0.1, 0.15) is 24.2 Å². The minimum Gasteiger partial charge on any atom is -0.503 e. The number of hydrogen-bond donors (Lipinski definition) is 2. The summed E-state index contributed by atoms with van der Waals surface area (Å²) in [7, 11) is 0. The molecule has 0 atom stereocenters. The van der Waals surface area contributed by atoms with Crippen molar-refractivity contribution < 1.29 is 10.2 Å². The van der Waals surface area contributed by atoms with Gasteiger partial charge < -0.3 is 29.1 Å². The van der Waals surface area contributed by atoms with E-state index in [4.69, 9.17) is 0 Å². The van der Waals surface area contributed by atoms with Crippen molar-refractivity contribution in [3.63, 3.8) is 0 Å². The number of aromatic hydroxyl groups is 2. The topological polar surface area (TPSA) is 90.9 Å². The van der Waals surface area contributed by atoms with Crippen molar-refractivity contribution in [2.45, 2.75) is 39.8 Å². The number of nitrogens with zero attached hydrogens (tertiary/aromatic N) is 4. The number of rotatable bonds is 8. The second-order valence-electron chi connectivity index (χ2n) is 8.01. The Hall–Kier alpha value is -2.58. The van der Waals surface area contributed by atoms with Crippen LogP contribution >= 0.6 is 0 Å². The molecule has 164 valence electrons. The van der Waals surface area contributed by atoms with Gasteiger partial charge in [0.15, 0.2) is 11.5 Å². The van der Waals surface area contributed by atoms with Crippen LogP contribution in [0.4, 0.5) is 0 Å². The van der Waals surface area contributed by atoms with Crippen molar-refractivity contribution >= 4 is 0 Å². The third-order valence-electron chi connectivity index (χ3n) is 6.04. The highest BCUT2D eigenvalue weighted by Gasteiger charge is 2.16. The molecule has 8 heteroatoms. The Morgan fingerprint density at radius 2 is 1.07 bits per heavy atom. The second kappa shape index (κ2) is 9.95. The van der Waals surface area contributed by atoms with Crippen molar-refractivity contribution in [3.05, 3.63) is 56.4 Å². The fourth-order valence-electron chi connectivity index (χ4n) is 3.98. The predicted octanol–water partition coefficient (Wildman–Crippen LogP) is 1.14. The lowest BCUT2D eigenvalue weighted by Crippen LogP contribution is -2.47. The third-order valence-corrected chi connectivity index (χ3v) is 6.04. The van der Waals surface area contributed by atoms with Gasteiger partial charge in [0.2, 0.25) is 10.9 Å². The molecule has 3 heterocycles. The van der Waals surface area contributed by atoms with Gasteiger partial charge in [-0.15, -0.1) is 0 Å². The summed E-state index contributed by atoms with van der Waals surface area (Å²) in [5.74, 6) is -0.308. The largest absolute Gasteiger partial charge is 0.503 e. The van der Waals surface area contributed by atoms with Crippen LogP contribution in [0.5, 0.6) is 11.5 Å². The van der Waals surface area contributed by atoms with Crippen LogP contribution in [0.3, 0.4) is 0 Å². The van der Waals surface area contributed by atoms with Crippen molar-refractivity contribution in [1.82, 2.24) is 18.9 Å². The Labute approximate surface area is 176 Å². The lowest BCUT2D eigenvalue weighted by Gasteiger charge is -2.34. The summed E-state index contributed by atoms with van der Waals surface area (Å²) >= 11 is 0. The van der Waals surface area contributed by atoms with Gasteiger partial charge in [-0.2, -0.15) is 0 Å². The molecule has 1 fully saturated rings. The van der Waals surface area contributed by atoms with Crippen LogP contribution < -0.4 is 10.9 Å². The molecular weight excluding hydrogens is 384 g/mol. The van der Waals surface area contributed by atoms with Gasteiger partial charge in [-0.05, 0) is 39.8 Å². The molecule has 1 aliphatic rings. The van der Waals surface area contributed by atoms with Crippen LogP contribution in [0, 0.1) is 13.8 Å². The average Bonchev–Trinajstić information content (AvgIpc) is 2.75. The average molecular weight is 417 g/mol. The standard InChI is InChI=1S/C22H32N4O4/c1-17-21(29)19(27)5-11-25(17)9-3-7-23-13-15-24(16-14-23)8-4-10-26-12-6-20(28)22(30)18(26)2/h5-6,11-12,29-30H,3-4,7-10,13-16H2,1-2H3. The van der Waals surface area contributed by atoms with Gasteiger partial charge in [-0.1, -0.05) is 0 Å². The molecule has 0 radical (unpaired) electrons. The monoisotopic (exact) mass is 416 g/mol. The molecule has 0 spiro atoms. The Balaban J connectivity index is 1.36. The van der Waals surface area contributed by atoms with E-state index in [0.717, 1.165) is 65.2 Å². The molecule has 3 rings (SSSR count). The van der Waals surface area contributed by atoms with E-state index in [1.54, 1.807) is 26.2 Å². The van der Waals surface area contributed by atoms with Crippen LogP contribution in [0.25, 0.3) is 0 Å². The van der Waals surface area contributed by atoms with Crippen LogP contribution in [0.15, 0.2) is 34.1 Å².